The Morgan fingerprint density at radius 1 is 1.18 bits per heavy atom. The molecular formula is C28H29N3O3. The number of benzene rings is 3. The highest BCUT2D eigenvalue weighted by molar-refractivity contribution is 5.78. The molecule has 0 saturated carbocycles. The number of para-hydroxylation sites is 2. The third-order valence-electron chi connectivity index (χ3n) is 6.62. The summed E-state index contributed by atoms with van der Waals surface area (Å²) in [5.74, 6) is 1.73. The summed E-state index contributed by atoms with van der Waals surface area (Å²) in [4.78, 5) is 16.5. The summed E-state index contributed by atoms with van der Waals surface area (Å²) in [6, 6.07) is 20.8. The molecule has 0 saturated heterocycles. The molecule has 1 aliphatic rings. The van der Waals surface area contributed by atoms with E-state index in [0.29, 0.717) is 19.6 Å². The fourth-order valence-electron chi connectivity index (χ4n) is 4.72. The van der Waals surface area contributed by atoms with E-state index in [0.717, 1.165) is 46.0 Å². The predicted molar refractivity (Wildman–Crippen MR) is 134 cm³/mol. The lowest BCUT2D eigenvalue weighted by Crippen LogP contribution is -2.09. The van der Waals surface area contributed by atoms with Gasteiger partial charge in [0.15, 0.2) is 0 Å². The van der Waals surface area contributed by atoms with E-state index in [-0.39, 0.29) is 11.9 Å². The van der Waals surface area contributed by atoms with Crippen LogP contribution in [0.5, 0.6) is 5.75 Å². The Morgan fingerprint density at radius 2 is 2.03 bits per heavy atom. The second kappa shape index (κ2) is 9.21. The van der Waals surface area contributed by atoms with Crippen LogP contribution in [0.25, 0.3) is 16.7 Å². The van der Waals surface area contributed by atoms with Crippen molar-refractivity contribution in [3.63, 3.8) is 0 Å². The van der Waals surface area contributed by atoms with Crippen molar-refractivity contribution in [1.29, 1.82) is 0 Å². The molecule has 0 bridgehead atoms. The minimum Gasteiger partial charge on any atom is -0.493 e. The number of nitrogens with one attached hydrogen (secondary N) is 1. The maximum absolute atomic E-state index is 11.7. The number of hydrogen-bond donors (Lipinski definition) is 1. The lowest BCUT2D eigenvalue weighted by Gasteiger charge is -2.16. The molecule has 0 spiro atoms. The number of aromatic nitrogens is 2. The average Bonchev–Trinajstić information content (AvgIpc) is 3.44. The molecule has 4 aromatic rings. The fraction of sp³-hybridized carbons (Fsp3) is 0.286. The van der Waals surface area contributed by atoms with Gasteiger partial charge in [0.05, 0.1) is 36.9 Å². The normalized spacial score (nSPS) is 14.6. The number of esters is 1. The highest BCUT2D eigenvalue weighted by Gasteiger charge is 2.27. The van der Waals surface area contributed by atoms with E-state index in [1.54, 1.807) is 0 Å². The van der Waals surface area contributed by atoms with Crippen LogP contribution in [0.15, 0.2) is 60.7 Å². The largest absolute Gasteiger partial charge is 0.493 e. The lowest BCUT2D eigenvalue weighted by molar-refractivity contribution is -0.141. The van der Waals surface area contributed by atoms with Crippen molar-refractivity contribution >= 4 is 22.7 Å². The maximum atomic E-state index is 11.7. The van der Waals surface area contributed by atoms with Gasteiger partial charge in [-0.3, -0.25) is 9.36 Å². The van der Waals surface area contributed by atoms with Gasteiger partial charge in [-0.05, 0) is 42.3 Å². The zero-order valence-electron chi connectivity index (χ0n) is 19.8. The number of methoxy groups -OCH3 is 1. The van der Waals surface area contributed by atoms with Gasteiger partial charge >= 0.3 is 5.97 Å². The molecule has 6 heteroatoms. The first-order valence-electron chi connectivity index (χ1n) is 11.7. The molecule has 2 heterocycles. The zero-order valence-corrected chi connectivity index (χ0v) is 19.8. The number of imidazole rings is 1. The van der Waals surface area contributed by atoms with Gasteiger partial charge in [-0.1, -0.05) is 37.3 Å². The Bertz CT molecular complexity index is 1360. The summed E-state index contributed by atoms with van der Waals surface area (Å²) < 4.78 is 12.9. The van der Waals surface area contributed by atoms with Crippen LogP contribution < -0.4 is 10.1 Å². The van der Waals surface area contributed by atoms with E-state index in [1.807, 2.05) is 18.2 Å². The highest BCUT2D eigenvalue weighted by atomic mass is 16.5. The average molecular weight is 456 g/mol. The van der Waals surface area contributed by atoms with Crippen LogP contribution in [0.4, 0.5) is 5.69 Å². The molecule has 0 unspecified atom stereocenters. The van der Waals surface area contributed by atoms with Gasteiger partial charge in [0, 0.05) is 36.2 Å². The molecule has 1 atom stereocenters. The molecule has 34 heavy (non-hydrogen) atoms. The summed E-state index contributed by atoms with van der Waals surface area (Å²) in [5, 5.41) is 3.54. The Kier molecular flexibility index (Phi) is 5.97. The summed E-state index contributed by atoms with van der Waals surface area (Å²) in [6.45, 7) is 5.51. The molecule has 1 aliphatic heterocycles. The van der Waals surface area contributed by atoms with E-state index in [4.69, 9.17) is 14.5 Å². The number of fused-ring (bicyclic) bond motifs is 2. The van der Waals surface area contributed by atoms with Crippen LogP contribution in [-0.4, -0.2) is 29.2 Å². The summed E-state index contributed by atoms with van der Waals surface area (Å²) in [6.07, 6.45) is 1.20. The Labute approximate surface area is 199 Å². The Morgan fingerprint density at radius 3 is 2.85 bits per heavy atom. The Balaban J connectivity index is 1.38. The van der Waals surface area contributed by atoms with Crippen LogP contribution in [0.2, 0.25) is 0 Å². The summed E-state index contributed by atoms with van der Waals surface area (Å²) in [5.41, 5.74) is 7.81. The van der Waals surface area contributed by atoms with Gasteiger partial charge < -0.3 is 14.8 Å². The SMILES string of the molecule is CCc1nc2ccccc2n1-c1cccc(CNc2ccc3c(c2)OC[C@H]3CC(=O)OC)c1C. The zero-order chi connectivity index (χ0) is 23.7. The van der Waals surface area contributed by atoms with E-state index in [1.165, 1.54) is 18.2 Å². The Hall–Kier alpha value is -3.80. The van der Waals surface area contributed by atoms with Crippen molar-refractivity contribution in [1.82, 2.24) is 9.55 Å². The standard InChI is InChI=1S/C28H29N3O3/c1-4-27-30-23-9-5-6-10-25(23)31(27)24-11-7-8-19(18(24)2)16-29-21-12-13-22-20(14-28(32)33-3)17-34-26(22)15-21/h5-13,15,20,29H,4,14,16-17H2,1-3H3/t20-/m1/s1. The molecule has 1 aromatic heterocycles. The molecule has 1 N–H and O–H groups in total. The van der Waals surface area contributed by atoms with Gasteiger partial charge in [-0.2, -0.15) is 0 Å². The van der Waals surface area contributed by atoms with Crippen LogP contribution in [0, 0.1) is 6.92 Å². The summed E-state index contributed by atoms with van der Waals surface area (Å²) in [7, 11) is 1.42. The number of carbonyl (C=O) groups is 1. The van der Waals surface area contributed by atoms with Gasteiger partial charge in [0.2, 0.25) is 0 Å². The molecule has 174 valence electrons. The molecule has 6 nitrogen and oxygen atoms in total. The molecule has 0 aliphatic carbocycles. The molecular weight excluding hydrogens is 426 g/mol. The van der Waals surface area contributed by atoms with Crippen molar-refractivity contribution in [3.05, 3.63) is 83.2 Å². The van der Waals surface area contributed by atoms with Crippen LogP contribution in [0.3, 0.4) is 0 Å². The molecule has 0 amide bonds. The number of ether oxygens (including phenoxy) is 2. The minimum atomic E-state index is -0.212. The maximum Gasteiger partial charge on any atom is 0.306 e. The van der Waals surface area contributed by atoms with E-state index in [2.05, 4.69) is 66.2 Å². The van der Waals surface area contributed by atoms with Gasteiger partial charge in [-0.25, -0.2) is 4.98 Å². The number of anilines is 1. The van der Waals surface area contributed by atoms with Gasteiger partial charge in [0.25, 0.3) is 0 Å². The van der Waals surface area contributed by atoms with Crippen LogP contribution in [0.1, 0.15) is 41.8 Å². The number of carbonyl (C=O) groups excluding carboxylic acids is 1. The van der Waals surface area contributed by atoms with Crippen molar-refractivity contribution in [2.75, 3.05) is 19.0 Å². The van der Waals surface area contributed by atoms with Crippen LogP contribution >= 0.6 is 0 Å². The number of rotatable bonds is 7. The number of aryl methyl sites for hydroxylation is 1. The van der Waals surface area contributed by atoms with E-state index < -0.39 is 0 Å². The number of hydrogen-bond acceptors (Lipinski definition) is 5. The molecule has 3 aromatic carbocycles. The second-order valence-corrected chi connectivity index (χ2v) is 8.66. The first-order chi connectivity index (χ1) is 16.6. The van der Waals surface area contributed by atoms with Crippen molar-refractivity contribution in [2.24, 2.45) is 0 Å². The molecule has 0 fully saturated rings. The third-order valence-corrected chi connectivity index (χ3v) is 6.62. The highest BCUT2D eigenvalue weighted by Crippen LogP contribution is 2.38. The van der Waals surface area contributed by atoms with Gasteiger partial charge in [0.1, 0.15) is 11.6 Å². The molecule has 5 rings (SSSR count). The molecule has 0 radical (unpaired) electrons. The van der Waals surface area contributed by atoms with E-state index >= 15 is 0 Å². The van der Waals surface area contributed by atoms with Crippen LogP contribution in [-0.2, 0) is 22.5 Å². The number of nitrogens with zero attached hydrogens (tertiary/aromatic N) is 2. The van der Waals surface area contributed by atoms with Crippen molar-refractivity contribution in [3.8, 4) is 11.4 Å². The van der Waals surface area contributed by atoms with Gasteiger partial charge in [-0.15, -0.1) is 0 Å². The second-order valence-electron chi connectivity index (χ2n) is 8.66. The minimum absolute atomic E-state index is 0.0493. The topological polar surface area (TPSA) is 65.4 Å². The fourth-order valence-corrected chi connectivity index (χ4v) is 4.72. The first kappa shape index (κ1) is 22.0. The smallest absolute Gasteiger partial charge is 0.306 e. The monoisotopic (exact) mass is 455 g/mol. The lowest BCUT2D eigenvalue weighted by atomic mass is 9.97. The summed E-state index contributed by atoms with van der Waals surface area (Å²) >= 11 is 0. The van der Waals surface area contributed by atoms with E-state index in [9.17, 15) is 4.79 Å². The quantitative estimate of drug-likeness (QED) is 0.370. The third kappa shape index (κ3) is 4.00. The first-order valence-corrected chi connectivity index (χ1v) is 11.7. The predicted octanol–water partition coefficient (Wildman–Crippen LogP) is 5.55. The van der Waals surface area contributed by atoms with Crippen molar-refractivity contribution < 1.29 is 14.3 Å². The van der Waals surface area contributed by atoms with Crippen molar-refractivity contribution in [2.45, 2.75) is 39.2 Å².